The molecule has 0 amide bonds. The van der Waals surface area contributed by atoms with E-state index in [1.54, 1.807) is 0 Å². The minimum atomic E-state index is 0.0139. The summed E-state index contributed by atoms with van der Waals surface area (Å²) >= 11 is 0. The van der Waals surface area contributed by atoms with Crippen molar-refractivity contribution in [3.05, 3.63) is 77.4 Å². The highest BCUT2D eigenvalue weighted by molar-refractivity contribution is 5.78. The number of pyridine rings is 2. The highest BCUT2D eigenvalue weighted by Gasteiger charge is 2.40. The van der Waals surface area contributed by atoms with Crippen LogP contribution in [0.4, 0.5) is 0 Å². The van der Waals surface area contributed by atoms with Crippen molar-refractivity contribution >= 4 is 0 Å². The predicted octanol–water partition coefficient (Wildman–Crippen LogP) is 5.36. The van der Waals surface area contributed by atoms with Crippen molar-refractivity contribution in [2.75, 3.05) is 0 Å². The molecular weight excluding hydrogens is 340 g/mol. The quantitative estimate of drug-likeness (QED) is 0.420. The minimum Gasteiger partial charge on any atom is -0.205 e. The average Bonchev–Trinajstić information content (AvgIpc) is 2.89. The van der Waals surface area contributed by atoms with Gasteiger partial charge in [-0.1, -0.05) is 38.8 Å². The lowest BCUT2D eigenvalue weighted by atomic mass is 9.84. The van der Waals surface area contributed by atoms with Crippen molar-refractivity contribution in [2.45, 2.75) is 65.8 Å². The normalized spacial score (nSPS) is 14.0. The third-order valence-corrected chi connectivity index (χ3v) is 6.27. The SMILES string of the molecule is CCCCC[n+]1ccc2c(c1)C(C)(C)c1c[n+](-c3ccc(C)cc3C)ccc1-2. The summed E-state index contributed by atoms with van der Waals surface area (Å²) in [5.74, 6) is 0. The van der Waals surface area contributed by atoms with Gasteiger partial charge in [-0.25, -0.2) is 4.57 Å². The Morgan fingerprint density at radius 3 is 2.29 bits per heavy atom. The molecule has 0 fully saturated rings. The van der Waals surface area contributed by atoms with Crippen molar-refractivity contribution in [1.82, 2.24) is 0 Å². The van der Waals surface area contributed by atoms with E-state index in [0.717, 1.165) is 6.54 Å². The first-order valence-electron chi connectivity index (χ1n) is 10.6. The van der Waals surface area contributed by atoms with E-state index >= 15 is 0 Å². The molecule has 0 radical (unpaired) electrons. The molecule has 0 N–H and O–H groups in total. The zero-order chi connectivity index (χ0) is 19.9. The van der Waals surface area contributed by atoms with Crippen LogP contribution in [0.3, 0.4) is 0 Å². The molecule has 1 aliphatic carbocycles. The molecule has 2 nitrogen and oxygen atoms in total. The number of fused-ring (bicyclic) bond motifs is 3. The topological polar surface area (TPSA) is 7.76 Å². The van der Waals surface area contributed by atoms with E-state index in [9.17, 15) is 0 Å². The van der Waals surface area contributed by atoms with Crippen LogP contribution >= 0.6 is 0 Å². The largest absolute Gasteiger partial charge is 0.213 e. The zero-order valence-corrected chi connectivity index (χ0v) is 17.9. The molecule has 2 heterocycles. The van der Waals surface area contributed by atoms with Crippen LogP contribution in [0.1, 0.15) is 62.3 Å². The highest BCUT2D eigenvalue weighted by Crippen LogP contribution is 2.47. The molecule has 0 saturated carbocycles. The van der Waals surface area contributed by atoms with E-state index in [-0.39, 0.29) is 5.41 Å². The number of hydrogen-bond acceptors (Lipinski definition) is 0. The minimum absolute atomic E-state index is 0.0139. The molecule has 2 heteroatoms. The van der Waals surface area contributed by atoms with Gasteiger partial charge in [-0.15, -0.1) is 0 Å². The average molecular weight is 373 g/mol. The number of aromatic nitrogens is 2. The van der Waals surface area contributed by atoms with Crippen LogP contribution < -0.4 is 9.13 Å². The summed E-state index contributed by atoms with van der Waals surface area (Å²) in [6, 6.07) is 11.3. The van der Waals surface area contributed by atoms with Crippen LogP contribution in [0.2, 0.25) is 0 Å². The van der Waals surface area contributed by atoms with Gasteiger partial charge < -0.3 is 0 Å². The first-order chi connectivity index (χ1) is 13.4. The molecule has 4 rings (SSSR count). The van der Waals surface area contributed by atoms with Gasteiger partial charge in [0.05, 0.1) is 0 Å². The van der Waals surface area contributed by atoms with Gasteiger partial charge >= 0.3 is 0 Å². The van der Waals surface area contributed by atoms with Crippen LogP contribution in [0.25, 0.3) is 16.8 Å². The Morgan fingerprint density at radius 1 is 0.857 bits per heavy atom. The van der Waals surface area contributed by atoms with Gasteiger partial charge in [0.1, 0.15) is 6.54 Å². The fourth-order valence-electron chi connectivity index (χ4n) is 4.57. The third kappa shape index (κ3) is 3.15. The molecule has 0 aliphatic heterocycles. The molecule has 0 unspecified atom stereocenters. The van der Waals surface area contributed by atoms with Gasteiger partial charge in [0.25, 0.3) is 0 Å². The van der Waals surface area contributed by atoms with E-state index in [4.69, 9.17) is 0 Å². The first kappa shape index (κ1) is 18.9. The second kappa shape index (κ2) is 7.16. The predicted molar refractivity (Wildman–Crippen MR) is 115 cm³/mol. The van der Waals surface area contributed by atoms with E-state index in [0.29, 0.717) is 0 Å². The fraction of sp³-hybridized carbons (Fsp3) is 0.385. The zero-order valence-electron chi connectivity index (χ0n) is 17.9. The van der Waals surface area contributed by atoms with Crippen LogP contribution in [0.15, 0.2) is 55.1 Å². The number of unbranched alkanes of at least 4 members (excludes halogenated alkanes) is 2. The lowest BCUT2D eigenvalue weighted by molar-refractivity contribution is -0.697. The monoisotopic (exact) mass is 372 g/mol. The van der Waals surface area contributed by atoms with Crippen molar-refractivity contribution in [1.29, 1.82) is 0 Å². The van der Waals surface area contributed by atoms with Crippen LogP contribution in [0, 0.1) is 13.8 Å². The molecule has 144 valence electrons. The molecule has 3 aromatic rings. The molecule has 28 heavy (non-hydrogen) atoms. The molecule has 0 atom stereocenters. The maximum atomic E-state index is 2.38. The van der Waals surface area contributed by atoms with Gasteiger partial charge in [0.15, 0.2) is 24.8 Å². The van der Waals surface area contributed by atoms with E-state index < -0.39 is 0 Å². The number of rotatable bonds is 5. The molecular formula is C26H32N2+2. The Bertz CT molecular complexity index is 1030. The lowest BCUT2D eigenvalue weighted by Gasteiger charge is -2.18. The van der Waals surface area contributed by atoms with Gasteiger partial charge in [-0.3, -0.25) is 0 Å². The van der Waals surface area contributed by atoms with Crippen molar-refractivity contribution in [2.24, 2.45) is 0 Å². The first-order valence-corrected chi connectivity index (χ1v) is 10.6. The summed E-state index contributed by atoms with van der Waals surface area (Å²) in [6.07, 6.45) is 13.0. The second-order valence-electron chi connectivity index (χ2n) is 8.81. The summed E-state index contributed by atoms with van der Waals surface area (Å²) in [6.45, 7) is 12.4. The standard InChI is InChI=1S/C26H32N2/c1-6-7-8-13-27-14-11-21-22-12-15-28(25-10-9-19(2)16-20(25)3)18-24(22)26(4,5)23(21)17-27/h9-12,14-18H,6-8,13H2,1-5H3/q+2. The van der Waals surface area contributed by atoms with Gasteiger partial charge in [0.2, 0.25) is 5.69 Å². The lowest BCUT2D eigenvalue weighted by Crippen LogP contribution is -2.35. The summed E-state index contributed by atoms with van der Waals surface area (Å²) in [4.78, 5) is 0. The molecule has 2 aromatic heterocycles. The summed E-state index contributed by atoms with van der Waals surface area (Å²) in [5.41, 5.74) is 9.52. The van der Waals surface area contributed by atoms with Crippen LogP contribution in [-0.2, 0) is 12.0 Å². The molecule has 0 spiro atoms. The fourth-order valence-corrected chi connectivity index (χ4v) is 4.57. The Kier molecular flexibility index (Phi) is 4.82. The molecule has 1 aromatic carbocycles. The van der Waals surface area contributed by atoms with Gasteiger partial charge in [-0.2, -0.15) is 4.57 Å². The van der Waals surface area contributed by atoms with Gasteiger partial charge in [0, 0.05) is 46.7 Å². The highest BCUT2D eigenvalue weighted by atomic mass is 15.0. The molecule has 0 saturated heterocycles. The van der Waals surface area contributed by atoms with E-state index in [1.165, 1.54) is 58.3 Å². The van der Waals surface area contributed by atoms with Crippen LogP contribution in [0.5, 0.6) is 0 Å². The number of aryl methyl sites for hydroxylation is 3. The second-order valence-corrected chi connectivity index (χ2v) is 8.81. The maximum absolute atomic E-state index is 2.38. The Hall–Kier alpha value is -2.48. The summed E-state index contributed by atoms with van der Waals surface area (Å²) in [7, 11) is 0. The third-order valence-electron chi connectivity index (χ3n) is 6.27. The van der Waals surface area contributed by atoms with E-state index in [1.807, 2.05) is 0 Å². The Morgan fingerprint density at radius 2 is 1.57 bits per heavy atom. The number of nitrogens with zero attached hydrogens (tertiary/aromatic N) is 2. The van der Waals surface area contributed by atoms with Crippen molar-refractivity contribution < 1.29 is 9.13 Å². The Balaban J connectivity index is 1.75. The van der Waals surface area contributed by atoms with Crippen molar-refractivity contribution in [3.63, 3.8) is 0 Å². The maximum Gasteiger partial charge on any atom is 0.213 e. The number of hydrogen-bond donors (Lipinski definition) is 0. The van der Waals surface area contributed by atoms with Gasteiger partial charge in [-0.05, 0) is 37.5 Å². The summed E-state index contributed by atoms with van der Waals surface area (Å²) < 4.78 is 4.66. The van der Waals surface area contributed by atoms with Crippen LogP contribution in [-0.4, -0.2) is 0 Å². The summed E-state index contributed by atoms with van der Waals surface area (Å²) in [5, 5.41) is 0. The molecule has 0 bridgehead atoms. The van der Waals surface area contributed by atoms with E-state index in [2.05, 4.69) is 98.9 Å². The number of benzene rings is 1. The smallest absolute Gasteiger partial charge is 0.205 e. The van der Waals surface area contributed by atoms with Crippen molar-refractivity contribution in [3.8, 4) is 16.8 Å². The molecule has 1 aliphatic rings. The Labute approximate surface area is 169 Å².